The maximum Gasteiger partial charge on any atom is 0.277 e. The molecular weight excluding hydrogens is 380 g/mol. The minimum Gasteiger partial charge on any atom is -0.461 e. The van der Waals surface area contributed by atoms with Crippen molar-refractivity contribution in [2.24, 2.45) is 0 Å². The Kier molecular flexibility index (Phi) is 4.51. The van der Waals surface area contributed by atoms with Crippen LogP contribution >= 0.6 is 0 Å². The summed E-state index contributed by atoms with van der Waals surface area (Å²) in [4.78, 5) is 24.9. The van der Waals surface area contributed by atoms with Crippen molar-refractivity contribution in [3.63, 3.8) is 0 Å². The summed E-state index contributed by atoms with van der Waals surface area (Å²) in [6.45, 7) is 3.38. The first-order valence-electron chi connectivity index (χ1n) is 9.84. The summed E-state index contributed by atoms with van der Waals surface area (Å²) >= 11 is 0. The number of imidazole rings is 1. The standard InChI is InChI=1S/C22H20N6O2/c1-2-10-28-18-20(24-19(26-22(18)29)17-9-6-11-30-17)25-21(28)16-12-23-27(14-16)13-15-7-4-3-5-8-15/h3-9,11-12,14H,2,10,13H2,1H3,(H,24,26,29). The van der Waals surface area contributed by atoms with Gasteiger partial charge in [0.2, 0.25) is 0 Å². The Labute approximate surface area is 171 Å². The zero-order valence-electron chi connectivity index (χ0n) is 16.4. The van der Waals surface area contributed by atoms with Gasteiger partial charge in [-0.15, -0.1) is 0 Å². The number of H-pyrrole nitrogens is 1. The lowest BCUT2D eigenvalue weighted by Crippen LogP contribution is -2.13. The van der Waals surface area contributed by atoms with Gasteiger partial charge in [-0.3, -0.25) is 9.48 Å². The molecule has 5 rings (SSSR count). The van der Waals surface area contributed by atoms with Crippen LogP contribution in [0.4, 0.5) is 0 Å². The molecule has 0 aliphatic heterocycles. The molecule has 8 heteroatoms. The van der Waals surface area contributed by atoms with E-state index in [4.69, 9.17) is 9.40 Å². The highest BCUT2D eigenvalue weighted by molar-refractivity contribution is 5.77. The molecule has 8 nitrogen and oxygen atoms in total. The molecule has 4 aromatic heterocycles. The van der Waals surface area contributed by atoms with E-state index < -0.39 is 0 Å². The largest absolute Gasteiger partial charge is 0.461 e. The van der Waals surface area contributed by atoms with Gasteiger partial charge in [0.15, 0.2) is 22.7 Å². The van der Waals surface area contributed by atoms with Crippen molar-refractivity contribution >= 4 is 11.2 Å². The molecule has 30 heavy (non-hydrogen) atoms. The van der Waals surface area contributed by atoms with E-state index in [2.05, 4.69) is 34.1 Å². The van der Waals surface area contributed by atoms with Crippen molar-refractivity contribution in [1.29, 1.82) is 0 Å². The lowest BCUT2D eigenvalue weighted by Gasteiger charge is -2.05. The van der Waals surface area contributed by atoms with E-state index in [0.29, 0.717) is 41.7 Å². The number of hydrogen-bond acceptors (Lipinski definition) is 5. The molecule has 0 saturated carbocycles. The number of nitrogens with zero attached hydrogens (tertiary/aromatic N) is 5. The number of hydrogen-bond donors (Lipinski definition) is 1. The number of furan rings is 1. The lowest BCUT2D eigenvalue weighted by atomic mass is 10.2. The Bertz CT molecular complexity index is 1350. The maximum atomic E-state index is 12.9. The van der Waals surface area contributed by atoms with Gasteiger partial charge in [-0.05, 0) is 24.1 Å². The van der Waals surface area contributed by atoms with Crippen molar-refractivity contribution in [3.05, 3.63) is 77.0 Å². The molecule has 4 heterocycles. The number of benzene rings is 1. The number of aromatic amines is 1. The molecule has 0 bridgehead atoms. The smallest absolute Gasteiger partial charge is 0.277 e. The van der Waals surface area contributed by atoms with Crippen LogP contribution in [0.1, 0.15) is 18.9 Å². The predicted molar refractivity (Wildman–Crippen MR) is 113 cm³/mol. The Balaban J connectivity index is 1.59. The van der Waals surface area contributed by atoms with E-state index >= 15 is 0 Å². The highest BCUT2D eigenvalue weighted by Gasteiger charge is 2.19. The third-order valence-corrected chi connectivity index (χ3v) is 4.89. The lowest BCUT2D eigenvalue weighted by molar-refractivity contribution is 0.577. The second-order valence-corrected chi connectivity index (χ2v) is 7.06. The molecule has 0 aliphatic rings. The van der Waals surface area contributed by atoms with Gasteiger partial charge in [0, 0.05) is 12.7 Å². The Morgan fingerprint density at radius 2 is 1.97 bits per heavy atom. The normalized spacial score (nSPS) is 11.4. The molecule has 1 aromatic carbocycles. The predicted octanol–water partition coefficient (Wildman–Crippen LogP) is 3.70. The number of nitrogens with one attached hydrogen (secondary N) is 1. The van der Waals surface area contributed by atoms with Gasteiger partial charge in [-0.25, -0.2) is 9.97 Å². The molecule has 0 amide bonds. The fourth-order valence-electron chi connectivity index (χ4n) is 3.57. The molecule has 0 aliphatic carbocycles. The number of aromatic nitrogens is 6. The first kappa shape index (κ1) is 18.1. The van der Waals surface area contributed by atoms with Gasteiger partial charge in [-0.2, -0.15) is 5.10 Å². The van der Waals surface area contributed by atoms with Crippen molar-refractivity contribution in [3.8, 4) is 23.0 Å². The zero-order valence-corrected chi connectivity index (χ0v) is 16.4. The molecule has 1 N–H and O–H groups in total. The Hall–Kier alpha value is -3.94. The minimum atomic E-state index is -0.240. The number of rotatable bonds is 6. The van der Waals surface area contributed by atoms with Crippen LogP contribution in [0.25, 0.3) is 34.1 Å². The first-order chi connectivity index (χ1) is 14.7. The van der Waals surface area contributed by atoms with Crippen LogP contribution in [0.2, 0.25) is 0 Å². The molecular formula is C22H20N6O2. The highest BCUT2D eigenvalue weighted by Crippen LogP contribution is 2.24. The van der Waals surface area contributed by atoms with Crippen LogP contribution in [0.15, 0.2) is 70.3 Å². The fourth-order valence-corrected chi connectivity index (χ4v) is 3.57. The maximum absolute atomic E-state index is 12.9. The van der Waals surface area contributed by atoms with Gasteiger partial charge >= 0.3 is 0 Å². The summed E-state index contributed by atoms with van der Waals surface area (Å²) in [5.74, 6) is 1.54. The minimum absolute atomic E-state index is 0.240. The molecule has 5 aromatic rings. The second-order valence-electron chi connectivity index (χ2n) is 7.06. The fraction of sp³-hybridized carbons (Fsp3) is 0.182. The van der Waals surface area contributed by atoms with Crippen molar-refractivity contribution in [1.82, 2.24) is 29.3 Å². The summed E-state index contributed by atoms with van der Waals surface area (Å²) in [7, 11) is 0. The molecule has 150 valence electrons. The average molecular weight is 400 g/mol. The van der Waals surface area contributed by atoms with Crippen LogP contribution in [0.3, 0.4) is 0 Å². The molecule has 0 unspecified atom stereocenters. The zero-order chi connectivity index (χ0) is 20.5. The molecule has 0 fully saturated rings. The second kappa shape index (κ2) is 7.47. The van der Waals surface area contributed by atoms with Gasteiger partial charge < -0.3 is 14.0 Å². The number of fused-ring (bicyclic) bond motifs is 1. The summed E-state index contributed by atoms with van der Waals surface area (Å²) < 4.78 is 9.15. The van der Waals surface area contributed by atoms with E-state index in [1.807, 2.05) is 33.6 Å². The van der Waals surface area contributed by atoms with E-state index in [1.54, 1.807) is 24.6 Å². The van der Waals surface area contributed by atoms with Crippen LogP contribution in [0, 0.1) is 0 Å². The Morgan fingerprint density at radius 3 is 2.73 bits per heavy atom. The highest BCUT2D eigenvalue weighted by atomic mass is 16.3. The van der Waals surface area contributed by atoms with E-state index in [1.165, 1.54) is 0 Å². The third-order valence-electron chi connectivity index (χ3n) is 4.89. The molecule has 0 saturated heterocycles. The van der Waals surface area contributed by atoms with Crippen LogP contribution in [-0.4, -0.2) is 29.3 Å². The topological polar surface area (TPSA) is 94.5 Å². The monoisotopic (exact) mass is 400 g/mol. The average Bonchev–Trinajstić information content (AvgIpc) is 3.49. The quantitative estimate of drug-likeness (QED) is 0.469. The van der Waals surface area contributed by atoms with Gasteiger partial charge in [0.1, 0.15) is 5.82 Å². The third kappa shape index (κ3) is 3.22. The van der Waals surface area contributed by atoms with E-state index in [0.717, 1.165) is 17.5 Å². The van der Waals surface area contributed by atoms with E-state index in [9.17, 15) is 4.79 Å². The SMILES string of the molecule is CCCn1c(-c2cnn(Cc3ccccc3)c2)nc2nc(-c3ccco3)[nH]c(=O)c21. The van der Waals surface area contributed by atoms with E-state index in [-0.39, 0.29) is 5.56 Å². The van der Waals surface area contributed by atoms with Gasteiger partial charge in [-0.1, -0.05) is 37.3 Å². The van der Waals surface area contributed by atoms with Crippen molar-refractivity contribution in [2.75, 3.05) is 0 Å². The molecule has 0 atom stereocenters. The van der Waals surface area contributed by atoms with Crippen molar-refractivity contribution in [2.45, 2.75) is 26.4 Å². The van der Waals surface area contributed by atoms with Gasteiger partial charge in [0.05, 0.1) is 24.6 Å². The molecule has 0 spiro atoms. The van der Waals surface area contributed by atoms with Crippen LogP contribution in [0.5, 0.6) is 0 Å². The van der Waals surface area contributed by atoms with Crippen molar-refractivity contribution < 1.29 is 4.42 Å². The van der Waals surface area contributed by atoms with Crippen LogP contribution in [-0.2, 0) is 13.1 Å². The summed E-state index contributed by atoms with van der Waals surface area (Å²) in [6.07, 6.45) is 6.12. The summed E-state index contributed by atoms with van der Waals surface area (Å²) in [5.41, 5.74) is 2.62. The number of aryl methyl sites for hydroxylation is 1. The van der Waals surface area contributed by atoms with Crippen LogP contribution < -0.4 is 5.56 Å². The summed E-state index contributed by atoms with van der Waals surface area (Å²) in [5, 5.41) is 4.48. The first-order valence-corrected chi connectivity index (χ1v) is 9.84. The van der Waals surface area contributed by atoms with Gasteiger partial charge in [0.25, 0.3) is 5.56 Å². The Morgan fingerprint density at radius 1 is 1.10 bits per heavy atom. The summed E-state index contributed by atoms with van der Waals surface area (Å²) in [6, 6.07) is 13.6. The molecule has 0 radical (unpaired) electrons.